The Labute approximate surface area is 111 Å². The van der Waals surface area contributed by atoms with Gasteiger partial charge in [0.05, 0.1) is 8.66 Å². The van der Waals surface area contributed by atoms with Gasteiger partial charge in [0.2, 0.25) is 0 Å². The van der Waals surface area contributed by atoms with E-state index in [1.165, 1.54) is 11.3 Å². The number of halogens is 2. The van der Waals surface area contributed by atoms with Crippen LogP contribution >= 0.6 is 43.2 Å². The highest BCUT2D eigenvalue weighted by atomic mass is 79.9. The molecule has 2 nitrogen and oxygen atoms in total. The largest absolute Gasteiger partial charge is 0.349 e. The van der Waals surface area contributed by atoms with E-state index in [2.05, 4.69) is 44.1 Å². The fourth-order valence-electron chi connectivity index (χ4n) is 1.26. The summed E-state index contributed by atoms with van der Waals surface area (Å²) in [5.74, 6) is 0.00681. The third-order valence-electron chi connectivity index (χ3n) is 1.97. The number of carbonyl (C=O) groups is 1. The Bertz CT molecular complexity index is 332. The second kappa shape index (κ2) is 6.01. The first kappa shape index (κ1) is 13.2. The summed E-state index contributed by atoms with van der Waals surface area (Å²) in [6.07, 6.45) is 2.10. The quantitative estimate of drug-likeness (QED) is 0.862. The molecule has 0 fully saturated rings. The first-order valence-electron chi connectivity index (χ1n) is 4.80. The summed E-state index contributed by atoms with van der Waals surface area (Å²) in [6, 6.07) is 2.07. The predicted octanol–water partition coefficient (Wildman–Crippen LogP) is 4.19. The van der Waals surface area contributed by atoms with Gasteiger partial charge in [-0.25, -0.2) is 0 Å². The zero-order valence-electron chi connectivity index (χ0n) is 8.64. The molecule has 5 heteroatoms. The molecule has 0 aliphatic heterocycles. The summed E-state index contributed by atoms with van der Waals surface area (Å²) in [7, 11) is 0. The van der Waals surface area contributed by atoms with Crippen LogP contribution in [0.4, 0.5) is 0 Å². The molecule has 15 heavy (non-hydrogen) atoms. The Morgan fingerprint density at radius 2 is 2.27 bits per heavy atom. The smallest absolute Gasteiger partial charge is 0.261 e. The molecule has 0 aliphatic rings. The van der Waals surface area contributed by atoms with Gasteiger partial charge in [-0.2, -0.15) is 0 Å². The number of hydrogen-bond donors (Lipinski definition) is 1. The van der Waals surface area contributed by atoms with Gasteiger partial charge >= 0.3 is 0 Å². The first-order valence-corrected chi connectivity index (χ1v) is 7.20. The third kappa shape index (κ3) is 3.89. The molecule has 0 aromatic carbocycles. The molecule has 1 rings (SSSR count). The zero-order valence-corrected chi connectivity index (χ0v) is 12.6. The Morgan fingerprint density at radius 1 is 1.60 bits per heavy atom. The van der Waals surface area contributed by atoms with Crippen molar-refractivity contribution in [1.29, 1.82) is 0 Å². The first-order chi connectivity index (χ1) is 7.04. The number of thiophene rings is 1. The molecule has 1 heterocycles. The number of amides is 1. The van der Waals surface area contributed by atoms with E-state index >= 15 is 0 Å². The van der Waals surface area contributed by atoms with E-state index in [1.54, 1.807) is 0 Å². The molecule has 1 amide bonds. The summed E-state index contributed by atoms with van der Waals surface area (Å²) < 4.78 is 1.89. The van der Waals surface area contributed by atoms with Crippen molar-refractivity contribution in [3.63, 3.8) is 0 Å². The van der Waals surface area contributed by atoms with Gasteiger partial charge in [0.1, 0.15) is 0 Å². The zero-order chi connectivity index (χ0) is 11.4. The maximum absolute atomic E-state index is 11.8. The highest BCUT2D eigenvalue weighted by molar-refractivity contribution is 9.13. The van der Waals surface area contributed by atoms with Crippen molar-refractivity contribution >= 4 is 49.1 Å². The van der Waals surface area contributed by atoms with E-state index in [0.29, 0.717) is 0 Å². The van der Waals surface area contributed by atoms with Gasteiger partial charge in [0.15, 0.2) is 0 Å². The highest BCUT2D eigenvalue weighted by Gasteiger charge is 2.13. The minimum Gasteiger partial charge on any atom is -0.349 e. The van der Waals surface area contributed by atoms with Gasteiger partial charge in [0, 0.05) is 10.5 Å². The van der Waals surface area contributed by atoms with Gasteiger partial charge in [0.25, 0.3) is 5.91 Å². The summed E-state index contributed by atoms with van der Waals surface area (Å²) >= 11 is 8.18. The molecule has 1 aromatic heterocycles. The minimum atomic E-state index is 0.00681. The van der Waals surface area contributed by atoms with Crippen LogP contribution in [0.5, 0.6) is 0 Å². The molecule has 0 bridgehead atoms. The van der Waals surface area contributed by atoms with E-state index in [9.17, 15) is 4.79 Å². The molecule has 1 N–H and O–H groups in total. The van der Waals surface area contributed by atoms with Gasteiger partial charge in [-0.3, -0.25) is 4.79 Å². The number of nitrogens with one attached hydrogen (secondary N) is 1. The lowest BCUT2D eigenvalue weighted by molar-refractivity contribution is 0.0942. The van der Waals surface area contributed by atoms with Crippen LogP contribution in [0.2, 0.25) is 0 Å². The summed E-state index contributed by atoms with van der Waals surface area (Å²) in [5.41, 5.74) is 0. The molecular formula is C10H13Br2NOS. The van der Waals surface area contributed by atoms with Gasteiger partial charge in [-0.1, -0.05) is 13.3 Å². The predicted molar refractivity (Wildman–Crippen MR) is 71.6 cm³/mol. The Hall–Kier alpha value is 0.130. The molecule has 0 radical (unpaired) electrons. The molecule has 0 saturated carbocycles. The van der Waals surface area contributed by atoms with Crippen LogP contribution in [0.15, 0.2) is 14.3 Å². The lowest BCUT2D eigenvalue weighted by atomic mass is 10.2. The maximum Gasteiger partial charge on any atom is 0.261 e. The van der Waals surface area contributed by atoms with Gasteiger partial charge in [-0.15, -0.1) is 11.3 Å². The van der Waals surface area contributed by atoms with Crippen LogP contribution in [-0.4, -0.2) is 11.9 Å². The molecule has 0 spiro atoms. The van der Waals surface area contributed by atoms with Crippen molar-refractivity contribution in [2.45, 2.75) is 32.7 Å². The van der Waals surface area contributed by atoms with E-state index in [1.807, 2.05) is 13.0 Å². The van der Waals surface area contributed by atoms with E-state index < -0.39 is 0 Å². The van der Waals surface area contributed by atoms with E-state index in [0.717, 1.165) is 26.0 Å². The van der Waals surface area contributed by atoms with E-state index in [-0.39, 0.29) is 11.9 Å². The summed E-state index contributed by atoms with van der Waals surface area (Å²) in [4.78, 5) is 12.5. The SMILES string of the molecule is CCC[C@H](C)NC(=O)c1cc(Br)c(Br)s1. The number of rotatable bonds is 4. The average molecular weight is 355 g/mol. The van der Waals surface area contributed by atoms with Crippen molar-refractivity contribution in [1.82, 2.24) is 5.32 Å². The molecular weight excluding hydrogens is 342 g/mol. The van der Waals surface area contributed by atoms with Crippen LogP contribution in [-0.2, 0) is 0 Å². The Kier molecular flexibility index (Phi) is 5.29. The lowest BCUT2D eigenvalue weighted by Crippen LogP contribution is -2.31. The monoisotopic (exact) mass is 353 g/mol. The molecule has 0 unspecified atom stereocenters. The van der Waals surface area contributed by atoms with Crippen molar-refractivity contribution in [3.8, 4) is 0 Å². The van der Waals surface area contributed by atoms with Crippen LogP contribution in [0, 0.1) is 0 Å². The topological polar surface area (TPSA) is 29.1 Å². The van der Waals surface area contributed by atoms with Crippen LogP contribution < -0.4 is 5.32 Å². The molecule has 0 aliphatic carbocycles. The third-order valence-corrected chi connectivity index (χ3v) is 5.22. The molecule has 0 saturated heterocycles. The Balaban J connectivity index is 2.61. The molecule has 84 valence electrons. The fourth-order valence-corrected chi connectivity index (χ4v) is 3.20. The van der Waals surface area contributed by atoms with Crippen LogP contribution in [0.25, 0.3) is 0 Å². The number of carbonyl (C=O) groups excluding carboxylic acids is 1. The van der Waals surface area contributed by atoms with E-state index in [4.69, 9.17) is 0 Å². The molecule has 1 aromatic rings. The second-order valence-corrected chi connectivity index (χ2v) is 6.62. The van der Waals surface area contributed by atoms with Crippen molar-refractivity contribution in [2.24, 2.45) is 0 Å². The summed E-state index contributed by atoms with van der Waals surface area (Å²) in [6.45, 7) is 4.14. The highest BCUT2D eigenvalue weighted by Crippen LogP contribution is 2.32. The minimum absolute atomic E-state index is 0.00681. The van der Waals surface area contributed by atoms with Crippen molar-refractivity contribution in [3.05, 3.63) is 19.2 Å². The number of hydrogen-bond acceptors (Lipinski definition) is 2. The van der Waals surface area contributed by atoms with Crippen LogP contribution in [0.1, 0.15) is 36.4 Å². The van der Waals surface area contributed by atoms with Crippen molar-refractivity contribution in [2.75, 3.05) is 0 Å². The van der Waals surface area contributed by atoms with Crippen molar-refractivity contribution < 1.29 is 4.79 Å². The standard InChI is InChI=1S/C10H13Br2NOS/c1-3-4-6(2)13-10(14)8-5-7(11)9(12)15-8/h5-6H,3-4H2,1-2H3,(H,13,14)/t6-/m0/s1. The average Bonchev–Trinajstić information content (AvgIpc) is 2.47. The van der Waals surface area contributed by atoms with Gasteiger partial charge < -0.3 is 5.32 Å². The Morgan fingerprint density at radius 3 is 2.73 bits per heavy atom. The van der Waals surface area contributed by atoms with Gasteiger partial charge in [-0.05, 0) is 51.3 Å². The second-order valence-electron chi connectivity index (χ2n) is 3.40. The lowest BCUT2D eigenvalue weighted by Gasteiger charge is -2.11. The maximum atomic E-state index is 11.8. The molecule has 1 atom stereocenters. The summed E-state index contributed by atoms with van der Waals surface area (Å²) in [5, 5.41) is 2.97. The normalized spacial score (nSPS) is 12.5. The van der Waals surface area contributed by atoms with Crippen LogP contribution in [0.3, 0.4) is 0 Å². The fraction of sp³-hybridized carbons (Fsp3) is 0.500.